The predicted octanol–water partition coefficient (Wildman–Crippen LogP) is 5.78. The summed E-state index contributed by atoms with van der Waals surface area (Å²) in [4.78, 5) is 38.2. The van der Waals surface area contributed by atoms with Crippen molar-refractivity contribution in [1.82, 2.24) is 10.6 Å². The third kappa shape index (κ3) is 8.88. The Morgan fingerprint density at radius 2 is 1.56 bits per heavy atom. The third-order valence-corrected chi connectivity index (χ3v) is 6.78. The van der Waals surface area contributed by atoms with Crippen LogP contribution >= 0.6 is 11.3 Å². The molecular weight excluding hydrogens is 526 g/mol. The minimum Gasteiger partial charge on any atom is -0.467 e. The molecule has 1 heterocycles. The topological polar surface area (TPSA) is 93.7 Å². The first-order chi connectivity index (χ1) is 18.5. The number of carbonyl (C=O) groups is 3. The van der Waals surface area contributed by atoms with Gasteiger partial charge in [0.05, 0.1) is 12.0 Å². The standard InChI is InChI=1S/C29H32F2N2O5S/c1-29(2,3)38-28(36)32-15-7-12-22(27(35)37-4)33-26(34)24-14-13-23(39-24)25(18-8-5-10-20(30)16-18)19-9-6-11-21(31)17-19/h5-6,8-11,13-14,16-17,22,25H,7,12,15H2,1-4H3,(H,32,36)(H,33,34)/t22-/m0/s1. The number of thiophene rings is 1. The van der Waals surface area contributed by atoms with Gasteiger partial charge in [0, 0.05) is 17.3 Å². The molecule has 1 aromatic heterocycles. The van der Waals surface area contributed by atoms with E-state index in [1.807, 2.05) is 0 Å². The van der Waals surface area contributed by atoms with Crippen molar-refractivity contribution in [3.8, 4) is 0 Å². The molecule has 3 aromatic rings. The predicted molar refractivity (Wildman–Crippen MR) is 145 cm³/mol. The smallest absolute Gasteiger partial charge is 0.407 e. The van der Waals surface area contributed by atoms with E-state index in [0.29, 0.717) is 27.3 Å². The Morgan fingerprint density at radius 1 is 0.949 bits per heavy atom. The number of hydrogen-bond acceptors (Lipinski definition) is 6. The highest BCUT2D eigenvalue weighted by Crippen LogP contribution is 2.36. The average molecular weight is 559 g/mol. The van der Waals surface area contributed by atoms with Gasteiger partial charge in [-0.15, -0.1) is 11.3 Å². The summed E-state index contributed by atoms with van der Waals surface area (Å²) >= 11 is 1.17. The fourth-order valence-electron chi connectivity index (χ4n) is 3.95. The Balaban J connectivity index is 1.73. The normalized spacial score (nSPS) is 12.1. The maximum absolute atomic E-state index is 14.1. The number of esters is 1. The number of carbonyl (C=O) groups excluding carboxylic acids is 3. The molecule has 2 amide bonds. The number of hydrogen-bond donors (Lipinski definition) is 2. The van der Waals surface area contributed by atoms with Crippen molar-refractivity contribution in [3.63, 3.8) is 0 Å². The lowest BCUT2D eigenvalue weighted by atomic mass is 9.90. The minimum absolute atomic E-state index is 0.224. The van der Waals surface area contributed by atoms with Crippen LogP contribution < -0.4 is 10.6 Å². The second-order valence-corrected chi connectivity index (χ2v) is 11.0. The maximum Gasteiger partial charge on any atom is 0.407 e. The second-order valence-electron chi connectivity index (χ2n) is 9.87. The Labute approximate surface area is 230 Å². The van der Waals surface area contributed by atoms with Crippen molar-refractivity contribution >= 4 is 29.3 Å². The van der Waals surface area contributed by atoms with E-state index in [4.69, 9.17) is 9.47 Å². The van der Waals surface area contributed by atoms with E-state index >= 15 is 0 Å². The summed E-state index contributed by atoms with van der Waals surface area (Å²) in [5.41, 5.74) is 0.591. The zero-order chi connectivity index (χ0) is 28.6. The first-order valence-corrected chi connectivity index (χ1v) is 13.2. The van der Waals surface area contributed by atoms with E-state index in [-0.39, 0.29) is 13.0 Å². The largest absolute Gasteiger partial charge is 0.467 e. The van der Waals surface area contributed by atoms with Crippen LogP contribution in [0.25, 0.3) is 0 Å². The summed E-state index contributed by atoms with van der Waals surface area (Å²) < 4.78 is 38.1. The molecule has 0 fully saturated rings. The van der Waals surface area contributed by atoms with E-state index in [0.717, 1.165) is 0 Å². The number of methoxy groups -OCH3 is 1. The van der Waals surface area contributed by atoms with Gasteiger partial charge in [-0.25, -0.2) is 18.4 Å². The summed E-state index contributed by atoms with van der Waals surface area (Å²) in [6.45, 7) is 5.50. The van der Waals surface area contributed by atoms with Gasteiger partial charge >= 0.3 is 12.1 Å². The van der Waals surface area contributed by atoms with E-state index in [9.17, 15) is 23.2 Å². The van der Waals surface area contributed by atoms with Crippen LogP contribution in [0.4, 0.5) is 13.6 Å². The summed E-state index contributed by atoms with van der Waals surface area (Å²) in [7, 11) is 1.23. The van der Waals surface area contributed by atoms with Crippen molar-refractivity contribution in [2.75, 3.05) is 13.7 Å². The molecular formula is C29H32F2N2O5S. The van der Waals surface area contributed by atoms with Gasteiger partial charge in [0.1, 0.15) is 23.3 Å². The van der Waals surface area contributed by atoms with Crippen molar-refractivity contribution in [2.24, 2.45) is 0 Å². The fraction of sp³-hybridized carbons (Fsp3) is 0.345. The molecule has 0 saturated carbocycles. The fourth-order valence-corrected chi connectivity index (χ4v) is 5.02. The number of halogens is 2. The Kier molecular flexibility index (Phi) is 10.2. The van der Waals surface area contributed by atoms with Gasteiger partial charge in [0.2, 0.25) is 0 Å². The van der Waals surface area contributed by atoms with E-state index < -0.39 is 47.2 Å². The number of ether oxygens (including phenoxy) is 2. The zero-order valence-corrected chi connectivity index (χ0v) is 23.1. The van der Waals surface area contributed by atoms with E-state index in [2.05, 4.69) is 10.6 Å². The molecule has 1 atom stereocenters. The lowest BCUT2D eigenvalue weighted by Gasteiger charge is -2.20. The number of alkyl carbamates (subject to hydrolysis) is 1. The second kappa shape index (κ2) is 13.3. The molecule has 0 radical (unpaired) electrons. The monoisotopic (exact) mass is 558 g/mol. The number of benzene rings is 2. The molecule has 0 aliphatic heterocycles. The van der Waals surface area contributed by atoms with Gasteiger partial charge in [0.25, 0.3) is 5.91 Å². The van der Waals surface area contributed by atoms with Gasteiger partial charge in [-0.3, -0.25) is 4.79 Å². The molecule has 0 aliphatic carbocycles. The van der Waals surface area contributed by atoms with Gasteiger partial charge in [-0.05, 0) is 81.1 Å². The highest BCUT2D eigenvalue weighted by Gasteiger charge is 2.25. The van der Waals surface area contributed by atoms with Crippen LogP contribution in [0.1, 0.15) is 65.2 Å². The maximum atomic E-state index is 14.1. The molecule has 0 saturated heterocycles. The summed E-state index contributed by atoms with van der Waals surface area (Å²) in [6.07, 6.45) is 0.0381. The molecule has 0 unspecified atom stereocenters. The first-order valence-electron chi connectivity index (χ1n) is 12.4. The van der Waals surface area contributed by atoms with Crippen LogP contribution in [0.5, 0.6) is 0 Å². The molecule has 0 bridgehead atoms. The molecule has 3 rings (SSSR count). The van der Waals surface area contributed by atoms with Gasteiger partial charge in [0.15, 0.2) is 0 Å². The minimum atomic E-state index is -0.935. The SMILES string of the molecule is COC(=O)[C@H](CCCNC(=O)OC(C)(C)C)NC(=O)c1ccc(C(c2cccc(F)c2)c2cccc(F)c2)s1. The Bertz CT molecular complexity index is 1260. The molecule has 39 heavy (non-hydrogen) atoms. The Hall–Kier alpha value is -3.79. The van der Waals surface area contributed by atoms with Crippen molar-refractivity contribution in [2.45, 2.75) is 51.2 Å². The zero-order valence-electron chi connectivity index (χ0n) is 22.3. The van der Waals surface area contributed by atoms with Crippen molar-refractivity contribution in [3.05, 3.63) is 93.2 Å². The van der Waals surface area contributed by atoms with Gasteiger partial charge < -0.3 is 20.1 Å². The molecule has 2 aromatic carbocycles. The van der Waals surface area contributed by atoms with Gasteiger partial charge in [-0.2, -0.15) is 0 Å². The van der Waals surface area contributed by atoms with Crippen LogP contribution in [0, 0.1) is 11.6 Å². The highest BCUT2D eigenvalue weighted by molar-refractivity contribution is 7.14. The lowest BCUT2D eigenvalue weighted by Crippen LogP contribution is -2.42. The molecule has 10 heteroatoms. The first kappa shape index (κ1) is 29.8. The molecule has 2 N–H and O–H groups in total. The number of amides is 2. The van der Waals surface area contributed by atoms with E-state index in [1.54, 1.807) is 57.2 Å². The summed E-state index contributed by atoms with van der Waals surface area (Å²) in [6, 6.07) is 14.5. The Morgan fingerprint density at radius 3 is 2.10 bits per heavy atom. The summed E-state index contributed by atoms with van der Waals surface area (Å²) in [5.74, 6) is -2.46. The quantitative estimate of drug-likeness (QED) is 0.243. The van der Waals surface area contributed by atoms with E-state index in [1.165, 1.54) is 42.7 Å². The van der Waals surface area contributed by atoms with Crippen molar-refractivity contribution in [1.29, 1.82) is 0 Å². The molecule has 7 nitrogen and oxygen atoms in total. The van der Waals surface area contributed by atoms with Crippen LogP contribution in [-0.4, -0.2) is 43.3 Å². The molecule has 0 spiro atoms. The van der Waals surface area contributed by atoms with Crippen LogP contribution in [0.2, 0.25) is 0 Å². The van der Waals surface area contributed by atoms with Gasteiger partial charge in [-0.1, -0.05) is 24.3 Å². The van der Waals surface area contributed by atoms with Crippen LogP contribution in [-0.2, 0) is 14.3 Å². The molecule has 208 valence electrons. The third-order valence-electron chi connectivity index (χ3n) is 5.63. The van der Waals surface area contributed by atoms with Crippen molar-refractivity contribution < 1.29 is 32.6 Å². The number of nitrogens with one attached hydrogen (secondary N) is 2. The number of rotatable bonds is 10. The summed E-state index contributed by atoms with van der Waals surface area (Å²) in [5, 5.41) is 5.31. The average Bonchev–Trinajstić information content (AvgIpc) is 3.34. The lowest BCUT2D eigenvalue weighted by molar-refractivity contribution is -0.143. The van der Waals surface area contributed by atoms with Crippen LogP contribution in [0.3, 0.4) is 0 Å². The molecule has 0 aliphatic rings. The highest BCUT2D eigenvalue weighted by atomic mass is 32.1. The van der Waals surface area contributed by atoms with Crippen LogP contribution in [0.15, 0.2) is 60.7 Å².